The van der Waals surface area contributed by atoms with Crippen molar-refractivity contribution in [2.24, 2.45) is 0 Å². The zero-order valence-electron chi connectivity index (χ0n) is 9.92. The summed E-state index contributed by atoms with van der Waals surface area (Å²) in [6.07, 6.45) is 3.56. The topological polar surface area (TPSA) is 79.3 Å². The molecule has 2 N–H and O–H groups in total. The third-order valence-electron chi connectivity index (χ3n) is 2.56. The Morgan fingerprint density at radius 3 is 2.89 bits per heavy atom. The molecule has 0 radical (unpaired) electrons. The first-order chi connectivity index (χ1) is 8.56. The number of hydrogen-bond acceptors (Lipinski definition) is 4. The Hall–Kier alpha value is -1.56. The largest absolute Gasteiger partial charge is 0.477 e. The van der Waals surface area contributed by atoms with Gasteiger partial charge < -0.3 is 10.4 Å². The fraction of sp³-hybridized carbons (Fsp3) is 0.417. The molecule has 1 aromatic rings. The van der Waals surface area contributed by atoms with Crippen LogP contribution < -0.4 is 5.32 Å². The van der Waals surface area contributed by atoms with Gasteiger partial charge >= 0.3 is 5.97 Å². The highest BCUT2D eigenvalue weighted by molar-refractivity contribution is 8.00. The van der Waals surface area contributed by atoms with Crippen molar-refractivity contribution in [3.63, 3.8) is 0 Å². The van der Waals surface area contributed by atoms with E-state index in [-0.39, 0.29) is 16.9 Å². The number of pyridine rings is 1. The van der Waals surface area contributed by atoms with Crippen molar-refractivity contribution in [2.45, 2.75) is 36.0 Å². The molecule has 0 aromatic carbocycles. The molecule has 1 heterocycles. The monoisotopic (exact) mass is 266 g/mol. The van der Waals surface area contributed by atoms with Crippen LogP contribution in [0.1, 0.15) is 30.3 Å². The van der Waals surface area contributed by atoms with Crippen molar-refractivity contribution in [1.29, 1.82) is 0 Å². The Bertz CT molecular complexity index is 474. The number of carbonyl (C=O) groups is 2. The predicted octanol–water partition coefficient (Wildman–Crippen LogP) is 1.54. The van der Waals surface area contributed by atoms with Gasteiger partial charge in [-0.2, -0.15) is 0 Å². The molecule has 1 saturated carbocycles. The van der Waals surface area contributed by atoms with E-state index in [1.807, 2.05) is 6.92 Å². The van der Waals surface area contributed by atoms with Crippen LogP contribution in [-0.4, -0.2) is 33.3 Å². The number of aromatic carboxylic acids is 1. The highest BCUT2D eigenvalue weighted by atomic mass is 32.2. The number of hydrogen-bond donors (Lipinski definition) is 2. The van der Waals surface area contributed by atoms with Gasteiger partial charge in [0.2, 0.25) is 5.91 Å². The first kappa shape index (κ1) is 12.9. The lowest BCUT2D eigenvalue weighted by molar-refractivity contribution is -0.120. The van der Waals surface area contributed by atoms with Gasteiger partial charge in [-0.25, -0.2) is 9.78 Å². The van der Waals surface area contributed by atoms with Gasteiger partial charge in [0, 0.05) is 17.1 Å². The summed E-state index contributed by atoms with van der Waals surface area (Å²) < 4.78 is 0. The van der Waals surface area contributed by atoms with E-state index in [1.165, 1.54) is 24.0 Å². The molecule has 0 aliphatic heterocycles. The Morgan fingerprint density at radius 1 is 1.56 bits per heavy atom. The van der Waals surface area contributed by atoms with Gasteiger partial charge in [-0.05, 0) is 31.9 Å². The molecule has 0 spiro atoms. The van der Waals surface area contributed by atoms with Crippen LogP contribution in [0.25, 0.3) is 0 Å². The number of aromatic nitrogens is 1. The molecule has 2 rings (SSSR count). The molecular weight excluding hydrogens is 252 g/mol. The third-order valence-corrected chi connectivity index (χ3v) is 3.65. The molecule has 0 bridgehead atoms. The van der Waals surface area contributed by atoms with Crippen molar-refractivity contribution in [3.8, 4) is 0 Å². The van der Waals surface area contributed by atoms with Gasteiger partial charge in [-0.1, -0.05) is 0 Å². The van der Waals surface area contributed by atoms with Crippen LogP contribution in [0.3, 0.4) is 0 Å². The molecule has 1 unspecified atom stereocenters. The lowest BCUT2D eigenvalue weighted by Gasteiger charge is -2.11. The molecule has 18 heavy (non-hydrogen) atoms. The molecule has 1 aliphatic rings. The molecule has 1 amide bonds. The summed E-state index contributed by atoms with van der Waals surface area (Å²) >= 11 is 1.34. The fourth-order valence-electron chi connectivity index (χ4n) is 1.41. The normalized spacial score (nSPS) is 16.1. The van der Waals surface area contributed by atoms with E-state index in [4.69, 9.17) is 5.11 Å². The molecule has 1 aliphatic carbocycles. The van der Waals surface area contributed by atoms with E-state index in [9.17, 15) is 9.59 Å². The number of rotatable bonds is 5. The molecule has 1 aromatic heterocycles. The van der Waals surface area contributed by atoms with Gasteiger partial charge in [0.05, 0.1) is 5.25 Å². The summed E-state index contributed by atoms with van der Waals surface area (Å²) in [5, 5.41) is 11.5. The Labute approximate surface area is 109 Å². The van der Waals surface area contributed by atoms with Gasteiger partial charge in [0.15, 0.2) is 0 Å². The van der Waals surface area contributed by atoms with Crippen LogP contribution in [0.5, 0.6) is 0 Å². The van der Waals surface area contributed by atoms with Crippen LogP contribution in [0, 0.1) is 0 Å². The number of thioether (sulfide) groups is 1. The summed E-state index contributed by atoms with van der Waals surface area (Å²) in [6, 6.07) is 3.53. The highest BCUT2D eigenvalue weighted by Gasteiger charge is 2.26. The third kappa shape index (κ3) is 3.46. The second-order valence-corrected chi connectivity index (χ2v) is 5.64. The molecular formula is C12H14N2O3S. The Balaban J connectivity index is 1.96. The SMILES string of the molecule is CC(Sc1ccnc(C(=O)O)c1)C(=O)NC1CC1. The summed E-state index contributed by atoms with van der Waals surface area (Å²) in [6.45, 7) is 1.81. The quantitative estimate of drug-likeness (QED) is 0.790. The van der Waals surface area contributed by atoms with E-state index >= 15 is 0 Å². The number of nitrogens with zero attached hydrogens (tertiary/aromatic N) is 1. The highest BCUT2D eigenvalue weighted by Crippen LogP contribution is 2.25. The maximum Gasteiger partial charge on any atom is 0.354 e. The van der Waals surface area contributed by atoms with E-state index in [0.717, 1.165) is 17.7 Å². The molecule has 96 valence electrons. The minimum absolute atomic E-state index is 0.00353. The second-order valence-electron chi connectivity index (χ2n) is 4.22. The zero-order valence-corrected chi connectivity index (χ0v) is 10.7. The molecule has 1 atom stereocenters. The first-order valence-electron chi connectivity index (χ1n) is 5.72. The van der Waals surface area contributed by atoms with Crippen molar-refractivity contribution < 1.29 is 14.7 Å². The first-order valence-corrected chi connectivity index (χ1v) is 6.60. The summed E-state index contributed by atoms with van der Waals surface area (Å²) in [5.74, 6) is -1.07. The summed E-state index contributed by atoms with van der Waals surface area (Å²) in [7, 11) is 0. The number of nitrogens with one attached hydrogen (secondary N) is 1. The van der Waals surface area contributed by atoms with Crippen molar-refractivity contribution in [1.82, 2.24) is 10.3 Å². The van der Waals surface area contributed by atoms with Crippen molar-refractivity contribution in [3.05, 3.63) is 24.0 Å². The van der Waals surface area contributed by atoms with Crippen molar-refractivity contribution >= 4 is 23.6 Å². The summed E-state index contributed by atoms with van der Waals surface area (Å²) in [5.41, 5.74) is -0.00481. The van der Waals surface area contributed by atoms with Crippen LogP contribution in [-0.2, 0) is 4.79 Å². The molecule has 5 nitrogen and oxygen atoms in total. The van der Waals surface area contributed by atoms with Crippen LogP contribution in [0.2, 0.25) is 0 Å². The zero-order chi connectivity index (χ0) is 13.1. The smallest absolute Gasteiger partial charge is 0.354 e. The van der Waals surface area contributed by atoms with E-state index in [1.54, 1.807) is 6.07 Å². The average Bonchev–Trinajstić information content (AvgIpc) is 3.13. The van der Waals surface area contributed by atoms with E-state index in [2.05, 4.69) is 10.3 Å². The number of amides is 1. The van der Waals surface area contributed by atoms with Gasteiger partial charge in [-0.15, -0.1) is 11.8 Å². The maximum absolute atomic E-state index is 11.8. The molecule has 1 fully saturated rings. The van der Waals surface area contributed by atoms with Crippen LogP contribution in [0.4, 0.5) is 0 Å². The molecule has 6 heteroatoms. The lowest BCUT2D eigenvalue weighted by atomic mass is 10.3. The lowest BCUT2D eigenvalue weighted by Crippen LogP contribution is -2.32. The van der Waals surface area contributed by atoms with Crippen LogP contribution >= 0.6 is 11.8 Å². The van der Waals surface area contributed by atoms with E-state index in [0.29, 0.717) is 6.04 Å². The van der Waals surface area contributed by atoms with Gasteiger partial charge in [-0.3, -0.25) is 4.79 Å². The van der Waals surface area contributed by atoms with Crippen LogP contribution in [0.15, 0.2) is 23.2 Å². The Kier molecular flexibility index (Phi) is 3.86. The average molecular weight is 266 g/mol. The standard InChI is InChI=1S/C12H14N2O3S/c1-7(11(15)14-8-2-3-8)18-9-4-5-13-10(6-9)12(16)17/h4-8H,2-3H2,1H3,(H,14,15)(H,16,17). The number of carbonyl (C=O) groups excluding carboxylic acids is 1. The number of carboxylic acids is 1. The predicted molar refractivity (Wildman–Crippen MR) is 67.7 cm³/mol. The minimum Gasteiger partial charge on any atom is -0.477 e. The van der Waals surface area contributed by atoms with E-state index < -0.39 is 5.97 Å². The minimum atomic E-state index is -1.06. The maximum atomic E-state index is 11.8. The van der Waals surface area contributed by atoms with Gasteiger partial charge in [0.25, 0.3) is 0 Å². The Morgan fingerprint density at radius 2 is 2.28 bits per heavy atom. The fourth-order valence-corrected chi connectivity index (χ4v) is 2.31. The summed E-state index contributed by atoms with van der Waals surface area (Å²) in [4.78, 5) is 27.0. The number of carboxylic acid groups (broad SMARTS) is 1. The second kappa shape index (κ2) is 5.39. The van der Waals surface area contributed by atoms with Crippen molar-refractivity contribution in [2.75, 3.05) is 0 Å². The van der Waals surface area contributed by atoms with Gasteiger partial charge in [0.1, 0.15) is 5.69 Å². The molecule has 0 saturated heterocycles.